The van der Waals surface area contributed by atoms with E-state index in [2.05, 4.69) is 22.9 Å². The number of rotatable bonds is 0. The molecule has 4 heavy (non-hydrogen) atoms. The van der Waals surface area contributed by atoms with Gasteiger partial charge in [-0.15, -0.1) is 0 Å². The summed E-state index contributed by atoms with van der Waals surface area (Å²) in [6.07, 6.45) is 0. The Hall–Kier alpha value is 0.410. The van der Waals surface area contributed by atoms with Crippen LogP contribution in [0.15, 0.2) is 0 Å². The predicted molar refractivity (Wildman–Crippen MR) is 19.2 cm³/mol. The van der Waals surface area contributed by atoms with E-state index in [1.165, 1.54) is 0 Å². The summed E-state index contributed by atoms with van der Waals surface area (Å²) in [5, 5.41) is -1.10. The van der Waals surface area contributed by atoms with E-state index in [0.717, 1.165) is 0 Å². The van der Waals surface area contributed by atoms with Crippen molar-refractivity contribution in [2.75, 3.05) is 0 Å². The van der Waals surface area contributed by atoms with E-state index in [4.69, 9.17) is 0 Å². The average molecular weight is 126 g/mol. The van der Waals surface area contributed by atoms with Gasteiger partial charge >= 0.3 is 0 Å². The van der Waals surface area contributed by atoms with Crippen LogP contribution < -0.4 is 0 Å². The van der Waals surface area contributed by atoms with Crippen LogP contribution in [0.3, 0.4) is 0 Å². The maximum atomic E-state index is 10.8. The molecule has 0 N–H and O–H groups in total. The molecule has 0 aromatic heterocycles. The first-order valence-corrected chi connectivity index (χ1v) is 1.76. The Balaban J connectivity index is 2.32. The van der Waals surface area contributed by atoms with E-state index in [0.29, 0.717) is 0 Å². The van der Waals surface area contributed by atoms with Gasteiger partial charge < -0.3 is 0 Å². The van der Waals surface area contributed by atoms with E-state index in [-0.39, 0.29) is 0 Å². The Kier molecular flexibility index (Phi) is 1.88. The number of hydrogen-bond donors (Lipinski definition) is 0. The van der Waals surface area contributed by atoms with Crippen LogP contribution in [0.2, 0.25) is 0 Å². The maximum Gasteiger partial charge on any atom is 0.155 e. The Morgan fingerprint density at radius 1 is 2.00 bits per heavy atom. The highest BCUT2D eigenvalue weighted by molar-refractivity contribution is 9.09. The van der Waals surface area contributed by atoms with Crippen molar-refractivity contribution >= 4 is 15.9 Å². The molecule has 0 bridgehead atoms. The molecular weight excluding hydrogens is 123 g/mol. The molecule has 0 aliphatic heterocycles. The normalized spacial score (nSPS) is 15.8. The van der Waals surface area contributed by atoms with Crippen molar-refractivity contribution in [3.05, 3.63) is 6.92 Å². The SMILES string of the molecule is [CH2]C(F)Br. The van der Waals surface area contributed by atoms with E-state index in [1.54, 1.807) is 0 Å². The topological polar surface area (TPSA) is 0 Å². The summed E-state index contributed by atoms with van der Waals surface area (Å²) in [6.45, 7) is 2.89. The summed E-state index contributed by atoms with van der Waals surface area (Å²) in [6, 6.07) is 0. The van der Waals surface area contributed by atoms with Crippen molar-refractivity contribution < 1.29 is 4.39 Å². The maximum absolute atomic E-state index is 10.8. The van der Waals surface area contributed by atoms with Gasteiger partial charge in [0.05, 0.1) is 0 Å². The van der Waals surface area contributed by atoms with Crippen molar-refractivity contribution in [3.63, 3.8) is 0 Å². The summed E-state index contributed by atoms with van der Waals surface area (Å²) >= 11 is 2.49. The van der Waals surface area contributed by atoms with E-state index < -0.39 is 5.08 Å². The quantitative estimate of drug-likeness (QED) is 0.431. The zero-order valence-corrected chi connectivity index (χ0v) is 3.63. The molecule has 0 aromatic rings. The van der Waals surface area contributed by atoms with Crippen LogP contribution in [0, 0.1) is 6.92 Å². The lowest BCUT2D eigenvalue weighted by molar-refractivity contribution is 0.526. The fourth-order valence-electron chi connectivity index (χ4n) is 0. The monoisotopic (exact) mass is 125 g/mol. The molecule has 2 heteroatoms. The van der Waals surface area contributed by atoms with Gasteiger partial charge in [0.1, 0.15) is 0 Å². The van der Waals surface area contributed by atoms with Crippen LogP contribution in [0.25, 0.3) is 0 Å². The molecule has 0 nitrogen and oxygen atoms in total. The molecule has 0 saturated heterocycles. The Morgan fingerprint density at radius 2 is 2.00 bits per heavy atom. The highest BCUT2D eigenvalue weighted by Crippen LogP contribution is 1.93. The Morgan fingerprint density at radius 3 is 2.00 bits per heavy atom. The fraction of sp³-hybridized carbons (Fsp3) is 0.500. The summed E-state index contributed by atoms with van der Waals surface area (Å²) < 4.78 is 10.8. The predicted octanol–water partition coefficient (Wildman–Crippen LogP) is 1.51. The molecule has 1 atom stereocenters. The lowest BCUT2D eigenvalue weighted by Crippen LogP contribution is -1.66. The molecule has 1 radical (unpaired) electrons. The van der Waals surface area contributed by atoms with Crippen molar-refractivity contribution in [2.24, 2.45) is 0 Å². The third kappa shape index (κ3) is 28.5. The van der Waals surface area contributed by atoms with Crippen molar-refractivity contribution in [2.45, 2.75) is 5.08 Å². The lowest BCUT2D eigenvalue weighted by Gasteiger charge is -1.71. The second kappa shape index (κ2) is 1.70. The lowest BCUT2D eigenvalue weighted by atomic mass is 10.9. The van der Waals surface area contributed by atoms with E-state index in [1.807, 2.05) is 0 Å². The van der Waals surface area contributed by atoms with Gasteiger partial charge in [-0.1, -0.05) is 15.9 Å². The molecular formula is C2H3BrF. The molecule has 0 rings (SSSR count). The van der Waals surface area contributed by atoms with Crippen molar-refractivity contribution in [3.8, 4) is 0 Å². The number of hydrogen-bond acceptors (Lipinski definition) is 0. The number of halogens is 2. The molecule has 0 aliphatic carbocycles. The minimum absolute atomic E-state index is 1.10. The number of alkyl halides is 2. The molecule has 0 aliphatic rings. The van der Waals surface area contributed by atoms with Crippen LogP contribution in [0.5, 0.6) is 0 Å². The Bertz CT molecular complexity index is 10.8. The van der Waals surface area contributed by atoms with Gasteiger partial charge in [-0.25, -0.2) is 4.39 Å². The van der Waals surface area contributed by atoms with Crippen LogP contribution in [0.4, 0.5) is 4.39 Å². The van der Waals surface area contributed by atoms with Gasteiger partial charge in [0.2, 0.25) is 0 Å². The molecule has 0 aromatic carbocycles. The van der Waals surface area contributed by atoms with Crippen molar-refractivity contribution in [1.82, 2.24) is 0 Å². The van der Waals surface area contributed by atoms with Gasteiger partial charge in [-0.3, -0.25) is 0 Å². The highest BCUT2D eigenvalue weighted by Gasteiger charge is 1.77. The molecule has 0 heterocycles. The minimum atomic E-state index is -1.10. The minimum Gasteiger partial charge on any atom is -0.235 e. The van der Waals surface area contributed by atoms with Gasteiger partial charge in [-0.05, 0) is 6.92 Å². The van der Waals surface area contributed by atoms with E-state index in [9.17, 15) is 4.39 Å². The van der Waals surface area contributed by atoms with E-state index >= 15 is 0 Å². The van der Waals surface area contributed by atoms with Gasteiger partial charge in [0.15, 0.2) is 5.08 Å². The fourth-order valence-corrected chi connectivity index (χ4v) is 0. The molecule has 0 spiro atoms. The largest absolute Gasteiger partial charge is 0.235 e. The first-order valence-electron chi connectivity index (χ1n) is 0.845. The summed E-state index contributed by atoms with van der Waals surface area (Å²) in [5.74, 6) is 0. The van der Waals surface area contributed by atoms with Crippen molar-refractivity contribution in [1.29, 1.82) is 0 Å². The molecule has 1 unspecified atom stereocenters. The second-order valence-electron chi connectivity index (χ2n) is 0.391. The zero-order valence-electron chi connectivity index (χ0n) is 2.04. The highest BCUT2D eigenvalue weighted by atomic mass is 79.9. The summed E-state index contributed by atoms with van der Waals surface area (Å²) in [4.78, 5) is 0. The van der Waals surface area contributed by atoms with Gasteiger partial charge in [-0.2, -0.15) is 0 Å². The standard InChI is InChI=1S/C2H3BrF/c1-2(3)4/h2H,1H2. The summed E-state index contributed by atoms with van der Waals surface area (Å²) in [5.41, 5.74) is 0. The second-order valence-corrected chi connectivity index (χ2v) is 1.38. The Labute approximate surface area is 33.1 Å². The zero-order chi connectivity index (χ0) is 3.58. The third-order valence-electron chi connectivity index (χ3n) is 0. The van der Waals surface area contributed by atoms with Crippen LogP contribution in [-0.4, -0.2) is 5.08 Å². The van der Waals surface area contributed by atoms with Gasteiger partial charge in [0, 0.05) is 0 Å². The molecule has 0 amide bonds. The van der Waals surface area contributed by atoms with Gasteiger partial charge in [0.25, 0.3) is 0 Å². The van der Waals surface area contributed by atoms with Crippen LogP contribution >= 0.6 is 15.9 Å². The summed E-state index contributed by atoms with van der Waals surface area (Å²) in [7, 11) is 0. The van der Waals surface area contributed by atoms with Crippen LogP contribution in [0.1, 0.15) is 0 Å². The molecule has 25 valence electrons. The first-order chi connectivity index (χ1) is 1.73. The third-order valence-corrected chi connectivity index (χ3v) is 0. The average Bonchev–Trinajstić information content (AvgIpc) is 0.811. The first kappa shape index (κ1) is 4.41. The smallest absolute Gasteiger partial charge is 0.155 e. The molecule has 0 saturated carbocycles. The van der Waals surface area contributed by atoms with Crippen LogP contribution in [-0.2, 0) is 0 Å². The molecule has 0 fully saturated rings.